The van der Waals surface area contributed by atoms with Gasteiger partial charge in [-0.3, -0.25) is 0 Å². The molecule has 1 atom stereocenters. The zero-order chi connectivity index (χ0) is 12.1. The van der Waals surface area contributed by atoms with Gasteiger partial charge in [-0.15, -0.1) is 0 Å². The first-order valence-corrected chi connectivity index (χ1v) is 6.27. The Morgan fingerprint density at radius 2 is 2.07 bits per heavy atom. The minimum Gasteiger partial charge on any atom is -0.377 e. The molecule has 0 saturated carbocycles. The van der Waals surface area contributed by atoms with Crippen molar-refractivity contribution in [3.8, 4) is 6.07 Å². The van der Waals surface area contributed by atoms with E-state index >= 15 is 0 Å². The molecule has 0 radical (unpaired) electrons. The first kappa shape index (κ1) is 14.4. The molecule has 0 aromatic carbocycles. The van der Waals surface area contributed by atoms with E-state index in [2.05, 4.69) is 4.72 Å². The fourth-order valence-electron chi connectivity index (χ4n) is 0.827. The Morgan fingerprint density at radius 3 is 2.40 bits per heavy atom. The minimum absolute atomic E-state index is 0.157. The number of hydrogen-bond donors (Lipinski definition) is 1. The van der Waals surface area contributed by atoms with Gasteiger partial charge in [0.15, 0.2) is 5.25 Å². The van der Waals surface area contributed by atoms with Crippen molar-refractivity contribution in [1.29, 1.82) is 5.26 Å². The molecule has 0 aromatic heterocycles. The molecule has 0 amide bonds. The molecule has 0 heterocycles. The molecule has 15 heavy (non-hydrogen) atoms. The third kappa shape index (κ3) is 4.60. The standard InChI is InChI=1S/C9H18N2O3S/c1-5-8(6-10)15(12,13)11-7-9(2,3)14-4/h8,11H,5,7H2,1-4H3. The number of ether oxygens (including phenoxy) is 1. The van der Waals surface area contributed by atoms with E-state index in [1.807, 2.05) is 0 Å². The highest BCUT2D eigenvalue weighted by Crippen LogP contribution is 2.08. The Balaban J connectivity index is 4.49. The molecule has 0 aliphatic rings. The molecule has 0 rings (SSSR count). The van der Waals surface area contributed by atoms with Crippen LogP contribution in [0.25, 0.3) is 0 Å². The lowest BCUT2D eigenvalue weighted by Gasteiger charge is -2.23. The maximum atomic E-state index is 11.6. The molecule has 1 N–H and O–H groups in total. The number of nitrogens with zero attached hydrogens (tertiary/aromatic N) is 1. The van der Waals surface area contributed by atoms with Gasteiger partial charge in [-0.2, -0.15) is 5.26 Å². The lowest BCUT2D eigenvalue weighted by molar-refractivity contribution is 0.0276. The second kappa shape index (κ2) is 5.45. The van der Waals surface area contributed by atoms with Crippen LogP contribution in [-0.4, -0.2) is 32.9 Å². The Labute approximate surface area is 91.5 Å². The highest BCUT2D eigenvalue weighted by molar-refractivity contribution is 7.90. The van der Waals surface area contributed by atoms with Crippen LogP contribution in [0.5, 0.6) is 0 Å². The summed E-state index contributed by atoms with van der Waals surface area (Å²) in [6.07, 6.45) is 0.277. The molecular formula is C9H18N2O3S. The summed E-state index contributed by atoms with van der Waals surface area (Å²) >= 11 is 0. The fraction of sp³-hybridized carbons (Fsp3) is 0.889. The molecular weight excluding hydrogens is 216 g/mol. The average molecular weight is 234 g/mol. The second-order valence-corrected chi connectivity index (χ2v) is 5.80. The molecule has 6 heteroatoms. The van der Waals surface area contributed by atoms with Gasteiger partial charge in [-0.1, -0.05) is 6.92 Å². The molecule has 0 saturated heterocycles. The molecule has 88 valence electrons. The predicted octanol–water partition coefficient (Wildman–Crippen LogP) is 0.633. The Hall–Kier alpha value is -0.640. The van der Waals surface area contributed by atoms with E-state index < -0.39 is 20.9 Å². The van der Waals surface area contributed by atoms with Gasteiger partial charge in [0.2, 0.25) is 10.0 Å². The normalized spacial score (nSPS) is 14.6. The van der Waals surface area contributed by atoms with Gasteiger partial charge in [-0.05, 0) is 20.3 Å². The highest BCUT2D eigenvalue weighted by atomic mass is 32.2. The summed E-state index contributed by atoms with van der Waals surface area (Å²) in [6.45, 7) is 5.35. The summed E-state index contributed by atoms with van der Waals surface area (Å²) in [7, 11) is -2.05. The Bertz CT molecular complexity index is 330. The highest BCUT2D eigenvalue weighted by Gasteiger charge is 2.26. The van der Waals surface area contributed by atoms with Gasteiger partial charge in [0.1, 0.15) is 0 Å². The van der Waals surface area contributed by atoms with Crippen molar-refractivity contribution in [2.45, 2.75) is 38.0 Å². The number of rotatable bonds is 6. The van der Waals surface area contributed by atoms with Crippen LogP contribution in [0.3, 0.4) is 0 Å². The van der Waals surface area contributed by atoms with Crippen LogP contribution in [0.4, 0.5) is 0 Å². The molecule has 0 bridgehead atoms. The van der Waals surface area contributed by atoms with E-state index in [0.717, 1.165) is 0 Å². The smallest absolute Gasteiger partial charge is 0.228 e. The Morgan fingerprint density at radius 1 is 1.53 bits per heavy atom. The molecule has 0 aliphatic carbocycles. The van der Waals surface area contributed by atoms with Crippen molar-refractivity contribution in [1.82, 2.24) is 4.72 Å². The maximum Gasteiger partial charge on any atom is 0.228 e. The van der Waals surface area contributed by atoms with Crippen molar-refractivity contribution in [3.63, 3.8) is 0 Å². The third-order valence-electron chi connectivity index (χ3n) is 2.14. The minimum atomic E-state index is -3.56. The number of nitriles is 1. The van der Waals surface area contributed by atoms with Crippen molar-refractivity contribution >= 4 is 10.0 Å². The van der Waals surface area contributed by atoms with E-state index in [0.29, 0.717) is 0 Å². The summed E-state index contributed by atoms with van der Waals surface area (Å²) in [5.41, 5.74) is -0.569. The molecule has 0 fully saturated rings. The lowest BCUT2D eigenvalue weighted by Crippen LogP contribution is -2.43. The van der Waals surface area contributed by atoms with Crippen LogP contribution >= 0.6 is 0 Å². The van der Waals surface area contributed by atoms with Crippen molar-refractivity contribution in [2.75, 3.05) is 13.7 Å². The second-order valence-electron chi connectivity index (χ2n) is 3.86. The van der Waals surface area contributed by atoms with E-state index in [-0.39, 0.29) is 13.0 Å². The van der Waals surface area contributed by atoms with Gasteiger partial charge in [-0.25, -0.2) is 13.1 Å². The third-order valence-corrected chi connectivity index (χ3v) is 3.88. The number of methoxy groups -OCH3 is 1. The van der Waals surface area contributed by atoms with Crippen molar-refractivity contribution in [2.24, 2.45) is 0 Å². The van der Waals surface area contributed by atoms with Crippen LogP contribution in [0, 0.1) is 11.3 Å². The monoisotopic (exact) mass is 234 g/mol. The molecule has 0 spiro atoms. The van der Waals surface area contributed by atoms with Crippen LogP contribution in [0.2, 0.25) is 0 Å². The van der Waals surface area contributed by atoms with E-state index in [9.17, 15) is 8.42 Å². The van der Waals surface area contributed by atoms with Gasteiger partial charge in [0, 0.05) is 13.7 Å². The predicted molar refractivity (Wildman–Crippen MR) is 57.7 cm³/mol. The average Bonchev–Trinajstić information content (AvgIpc) is 2.17. The number of hydrogen-bond acceptors (Lipinski definition) is 4. The zero-order valence-electron chi connectivity index (χ0n) is 9.57. The summed E-state index contributed by atoms with van der Waals surface area (Å²) in [6, 6.07) is 1.75. The molecule has 0 aromatic rings. The van der Waals surface area contributed by atoms with Crippen molar-refractivity contribution in [3.05, 3.63) is 0 Å². The number of nitrogens with one attached hydrogen (secondary N) is 1. The van der Waals surface area contributed by atoms with E-state index in [1.165, 1.54) is 7.11 Å². The molecule has 0 aliphatic heterocycles. The first-order chi connectivity index (χ1) is 6.79. The summed E-state index contributed by atoms with van der Waals surface area (Å²) in [4.78, 5) is 0. The van der Waals surface area contributed by atoms with E-state index in [1.54, 1.807) is 26.8 Å². The Kier molecular flexibility index (Phi) is 5.21. The van der Waals surface area contributed by atoms with Crippen LogP contribution in [0.15, 0.2) is 0 Å². The maximum absolute atomic E-state index is 11.6. The van der Waals surface area contributed by atoms with Gasteiger partial charge in [0.25, 0.3) is 0 Å². The van der Waals surface area contributed by atoms with Crippen LogP contribution in [-0.2, 0) is 14.8 Å². The van der Waals surface area contributed by atoms with Crippen LogP contribution in [0.1, 0.15) is 27.2 Å². The summed E-state index contributed by atoms with van der Waals surface area (Å²) in [5.74, 6) is 0. The van der Waals surface area contributed by atoms with Crippen molar-refractivity contribution < 1.29 is 13.2 Å². The zero-order valence-corrected chi connectivity index (χ0v) is 10.4. The number of sulfonamides is 1. The fourth-order valence-corrected chi connectivity index (χ4v) is 2.15. The first-order valence-electron chi connectivity index (χ1n) is 4.72. The lowest BCUT2D eigenvalue weighted by atomic mass is 10.1. The molecule has 1 unspecified atom stereocenters. The SMILES string of the molecule is CCC(C#N)S(=O)(=O)NCC(C)(C)OC. The van der Waals surface area contributed by atoms with Crippen LogP contribution < -0.4 is 4.72 Å². The summed E-state index contributed by atoms with van der Waals surface area (Å²) < 4.78 is 30.6. The van der Waals surface area contributed by atoms with Gasteiger partial charge in [0.05, 0.1) is 11.7 Å². The quantitative estimate of drug-likeness (QED) is 0.731. The van der Waals surface area contributed by atoms with E-state index in [4.69, 9.17) is 10.00 Å². The largest absolute Gasteiger partial charge is 0.377 e. The van der Waals surface area contributed by atoms with Gasteiger partial charge < -0.3 is 4.74 Å². The topological polar surface area (TPSA) is 79.2 Å². The molecule has 5 nitrogen and oxygen atoms in total. The summed E-state index contributed by atoms with van der Waals surface area (Å²) in [5, 5.41) is 7.65. The van der Waals surface area contributed by atoms with Gasteiger partial charge >= 0.3 is 0 Å².